The zero-order chi connectivity index (χ0) is 32.5. The van der Waals surface area contributed by atoms with Gasteiger partial charge in [0.1, 0.15) is 42.3 Å². The summed E-state index contributed by atoms with van der Waals surface area (Å²) in [5.41, 5.74) is 5.06. The van der Waals surface area contributed by atoms with E-state index in [-0.39, 0.29) is 30.8 Å². The number of methoxy groups -OCH3 is 1. The molecule has 2 N–H and O–H groups in total. The number of piperazine rings is 1. The number of amides is 1. The summed E-state index contributed by atoms with van der Waals surface area (Å²) in [6, 6.07) is 16.0. The van der Waals surface area contributed by atoms with E-state index in [0.717, 1.165) is 67.5 Å². The van der Waals surface area contributed by atoms with E-state index in [2.05, 4.69) is 43.0 Å². The van der Waals surface area contributed by atoms with Gasteiger partial charge in [0.2, 0.25) is 5.91 Å². The number of hydrogen-bond donors (Lipinski definition) is 2. The van der Waals surface area contributed by atoms with Crippen LogP contribution in [0.1, 0.15) is 12.0 Å². The minimum absolute atomic E-state index is 0.166. The highest BCUT2D eigenvalue weighted by Crippen LogP contribution is 2.37. The van der Waals surface area contributed by atoms with Gasteiger partial charge in [-0.2, -0.15) is 5.26 Å². The number of anilines is 1. The van der Waals surface area contributed by atoms with E-state index >= 15 is 0 Å². The second-order valence-corrected chi connectivity index (χ2v) is 12.1. The summed E-state index contributed by atoms with van der Waals surface area (Å²) in [7, 11) is 1.69. The number of halogens is 1. The number of benzene rings is 2. The van der Waals surface area contributed by atoms with Crippen LogP contribution in [0, 0.1) is 11.3 Å². The van der Waals surface area contributed by atoms with Crippen LogP contribution in [0.25, 0.3) is 33.5 Å². The normalized spacial score (nSPS) is 20.6. The molecule has 12 nitrogen and oxygen atoms in total. The first-order valence-corrected chi connectivity index (χ1v) is 15.8. The standard InChI is InChI=1S/C34H36FN7O5/c1-45-31-13-21(2-4-28(31)41-10-8-40(9-11-41)24-18-46-19-24)27-14-25-33(37-20-38-34(25)39-27)22-3-5-29(23(12-22)15-36)47-30-6-7-42(16-26(30)35)32(44)17-43/h2-5,12-14,20,24,26,30,43H,6-11,16-19H2,1H3,(H,37,38,39)/t26-,30-/m0/s1. The second kappa shape index (κ2) is 13.2. The van der Waals surface area contributed by atoms with Crippen LogP contribution in [0.15, 0.2) is 48.8 Å². The number of nitriles is 1. The van der Waals surface area contributed by atoms with Crippen molar-refractivity contribution in [1.82, 2.24) is 24.8 Å². The van der Waals surface area contributed by atoms with Gasteiger partial charge in [0.15, 0.2) is 6.17 Å². The van der Waals surface area contributed by atoms with Gasteiger partial charge in [-0.1, -0.05) is 6.07 Å². The number of nitrogens with one attached hydrogen (secondary N) is 1. The van der Waals surface area contributed by atoms with E-state index in [4.69, 9.17) is 19.3 Å². The molecule has 3 aliphatic rings. The van der Waals surface area contributed by atoms with Crippen LogP contribution in [-0.4, -0.2) is 120 Å². The molecule has 3 aliphatic heterocycles. The molecule has 5 heterocycles. The highest BCUT2D eigenvalue weighted by molar-refractivity contribution is 5.94. The highest BCUT2D eigenvalue weighted by atomic mass is 19.1. The van der Waals surface area contributed by atoms with E-state index in [1.54, 1.807) is 25.3 Å². The molecule has 0 spiro atoms. The number of fused-ring (bicyclic) bond motifs is 1. The van der Waals surface area contributed by atoms with Crippen molar-refractivity contribution in [2.75, 3.05) is 71.1 Å². The molecule has 2 aromatic carbocycles. The van der Waals surface area contributed by atoms with E-state index < -0.39 is 24.8 Å². The molecule has 2 atom stereocenters. The Morgan fingerprint density at radius 2 is 1.89 bits per heavy atom. The fourth-order valence-corrected chi connectivity index (χ4v) is 6.57. The van der Waals surface area contributed by atoms with Crippen molar-refractivity contribution in [3.05, 3.63) is 54.4 Å². The molecule has 0 radical (unpaired) electrons. The zero-order valence-corrected chi connectivity index (χ0v) is 26.1. The number of carbonyl (C=O) groups is 1. The van der Waals surface area contributed by atoms with E-state index in [0.29, 0.717) is 22.9 Å². The Kier molecular flexibility index (Phi) is 8.64. The number of H-pyrrole nitrogens is 1. The van der Waals surface area contributed by atoms with Crippen molar-refractivity contribution in [2.24, 2.45) is 0 Å². The average Bonchev–Trinajstić information content (AvgIpc) is 3.53. The minimum Gasteiger partial charge on any atom is -0.495 e. The quantitative estimate of drug-likeness (QED) is 0.295. The molecule has 4 aromatic rings. The molecule has 0 unspecified atom stereocenters. The van der Waals surface area contributed by atoms with Gasteiger partial charge in [-0.25, -0.2) is 14.4 Å². The lowest BCUT2D eigenvalue weighted by Crippen LogP contribution is -2.56. The fourth-order valence-electron chi connectivity index (χ4n) is 6.57. The van der Waals surface area contributed by atoms with Crippen LogP contribution >= 0.6 is 0 Å². The molecular weight excluding hydrogens is 605 g/mol. The lowest BCUT2D eigenvalue weighted by atomic mass is 10.0. The Balaban J connectivity index is 1.10. The lowest BCUT2D eigenvalue weighted by Gasteiger charge is -2.43. The molecule has 3 fully saturated rings. The number of piperidine rings is 1. The van der Waals surface area contributed by atoms with Crippen LogP contribution in [0.2, 0.25) is 0 Å². The maximum atomic E-state index is 14.9. The smallest absolute Gasteiger partial charge is 0.248 e. The summed E-state index contributed by atoms with van der Waals surface area (Å²) < 4.78 is 32.0. The monoisotopic (exact) mass is 641 g/mol. The SMILES string of the molecule is COc1cc(-c2cc3c(-c4ccc(O[C@H]5CCN(C(=O)CO)C[C@@H]5F)c(C#N)c4)ncnc3[nH]2)ccc1N1CCN(C2COC2)CC1. The predicted molar refractivity (Wildman–Crippen MR) is 172 cm³/mol. The van der Waals surface area contributed by atoms with Crippen LogP contribution in [0.3, 0.4) is 0 Å². The third-order valence-corrected chi connectivity index (χ3v) is 9.33. The van der Waals surface area contributed by atoms with Gasteiger partial charge in [-0.3, -0.25) is 9.69 Å². The molecule has 7 rings (SSSR count). The number of likely N-dealkylation sites (tertiary alicyclic amines) is 1. The number of hydrogen-bond acceptors (Lipinski definition) is 10. The predicted octanol–water partition coefficient (Wildman–Crippen LogP) is 3.00. The molecule has 13 heteroatoms. The number of rotatable bonds is 8. The largest absolute Gasteiger partial charge is 0.495 e. The number of aromatic amines is 1. The van der Waals surface area contributed by atoms with Gasteiger partial charge in [0.05, 0.1) is 49.9 Å². The first-order valence-electron chi connectivity index (χ1n) is 15.8. The Morgan fingerprint density at radius 3 is 2.60 bits per heavy atom. The highest BCUT2D eigenvalue weighted by Gasteiger charge is 2.33. The average molecular weight is 642 g/mol. The first-order chi connectivity index (χ1) is 22.9. The Hall–Kier alpha value is -4.77. The molecular formula is C34H36FN7O5. The van der Waals surface area contributed by atoms with E-state index in [1.807, 2.05) is 12.1 Å². The van der Waals surface area contributed by atoms with Crippen molar-refractivity contribution in [3.8, 4) is 40.1 Å². The summed E-state index contributed by atoms with van der Waals surface area (Å²) in [6.07, 6.45) is -0.542. The second-order valence-electron chi connectivity index (χ2n) is 12.1. The van der Waals surface area contributed by atoms with Gasteiger partial charge in [-0.05, 0) is 36.4 Å². The number of nitrogens with zero attached hydrogens (tertiary/aromatic N) is 6. The minimum atomic E-state index is -1.45. The Bertz CT molecular complexity index is 1810. The topological polar surface area (TPSA) is 140 Å². The Labute approximate surface area is 271 Å². The molecule has 0 saturated carbocycles. The van der Waals surface area contributed by atoms with Crippen molar-refractivity contribution < 1.29 is 28.5 Å². The van der Waals surface area contributed by atoms with Crippen LogP contribution in [0.4, 0.5) is 10.1 Å². The molecule has 3 saturated heterocycles. The molecule has 244 valence electrons. The lowest BCUT2D eigenvalue weighted by molar-refractivity contribution is -0.138. The molecule has 2 aromatic heterocycles. The van der Waals surface area contributed by atoms with Gasteiger partial charge in [-0.15, -0.1) is 0 Å². The van der Waals surface area contributed by atoms with E-state index in [9.17, 15) is 14.4 Å². The van der Waals surface area contributed by atoms with Crippen LogP contribution < -0.4 is 14.4 Å². The Morgan fingerprint density at radius 1 is 1.09 bits per heavy atom. The van der Waals surface area contributed by atoms with Crippen molar-refractivity contribution >= 4 is 22.6 Å². The van der Waals surface area contributed by atoms with Gasteiger partial charge >= 0.3 is 0 Å². The zero-order valence-electron chi connectivity index (χ0n) is 26.1. The molecule has 47 heavy (non-hydrogen) atoms. The maximum Gasteiger partial charge on any atom is 0.248 e. The number of ether oxygens (including phenoxy) is 3. The van der Waals surface area contributed by atoms with Gasteiger partial charge in [0, 0.05) is 61.4 Å². The fraction of sp³-hybridized carbons (Fsp3) is 0.412. The molecule has 0 bridgehead atoms. The van der Waals surface area contributed by atoms with Crippen molar-refractivity contribution in [3.63, 3.8) is 0 Å². The number of alkyl halides is 1. The molecule has 1 amide bonds. The summed E-state index contributed by atoms with van der Waals surface area (Å²) in [4.78, 5) is 30.3. The number of aliphatic hydroxyl groups excluding tert-OH is 1. The van der Waals surface area contributed by atoms with Crippen LogP contribution in [0.5, 0.6) is 11.5 Å². The van der Waals surface area contributed by atoms with Crippen molar-refractivity contribution in [1.29, 1.82) is 5.26 Å². The summed E-state index contributed by atoms with van der Waals surface area (Å²) in [6.45, 7) is 4.92. The van der Waals surface area contributed by atoms with Crippen molar-refractivity contribution in [2.45, 2.75) is 24.7 Å². The molecule has 0 aliphatic carbocycles. The van der Waals surface area contributed by atoms with Crippen LogP contribution in [-0.2, 0) is 9.53 Å². The summed E-state index contributed by atoms with van der Waals surface area (Å²) in [5.74, 6) is 0.540. The maximum absolute atomic E-state index is 14.9. The van der Waals surface area contributed by atoms with Gasteiger partial charge < -0.3 is 34.1 Å². The van der Waals surface area contributed by atoms with Gasteiger partial charge in [0.25, 0.3) is 0 Å². The first kappa shape index (κ1) is 30.9. The number of aromatic nitrogens is 3. The number of aliphatic hydroxyl groups is 1. The summed E-state index contributed by atoms with van der Waals surface area (Å²) in [5, 5.41) is 19.8. The number of carbonyl (C=O) groups excluding carboxylic acids is 1. The summed E-state index contributed by atoms with van der Waals surface area (Å²) >= 11 is 0. The third-order valence-electron chi connectivity index (χ3n) is 9.33. The van der Waals surface area contributed by atoms with E-state index in [1.165, 1.54) is 11.2 Å². The third kappa shape index (κ3) is 6.07.